The van der Waals surface area contributed by atoms with Gasteiger partial charge in [-0.05, 0) is 48.9 Å². The minimum absolute atomic E-state index is 0.463. The van der Waals surface area contributed by atoms with Crippen molar-refractivity contribution < 1.29 is 0 Å². The van der Waals surface area contributed by atoms with Gasteiger partial charge in [0, 0.05) is 10.9 Å². The zero-order valence-corrected chi connectivity index (χ0v) is 12.6. The van der Waals surface area contributed by atoms with Crippen LogP contribution in [-0.2, 0) is 12.8 Å². The normalized spacial score (nSPS) is 12.4. The summed E-state index contributed by atoms with van der Waals surface area (Å²) >= 11 is 12.0. The lowest BCUT2D eigenvalue weighted by Crippen LogP contribution is -2.10. The molecule has 0 bridgehead atoms. The molecule has 2 aromatic rings. The van der Waals surface area contributed by atoms with Crippen LogP contribution in [0.25, 0.3) is 0 Å². The molecule has 2 aromatic carbocycles. The third kappa shape index (κ3) is 4.56. The molecule has 100 valence electrons. The minimum atomic E-state index is 0.463. The van der Waals surface area contributed by atoms with Crippen LogP contribution in [0, 0.1) is 12.8 Å². The smallest absolute Gasteiger partial charge is 0.0406 e. The van der Waals surface area contributed by atoms with Gasteiger partial charge in [0.05, 0.1) is 0 Å². The fraction of sp³-hybridized carbons (Fsp3) is 0.294. The molecule has 0 spiro atoms. The number of rotatable bonds is 5. The first-order valence-corrected chi connectivity index (χ1v) is 7.44. The maximum absolute atomic E-state index is 6.11. The molecule has 0 heterocycles. The number of halogens is 2. The third-order valence-corrected chi connectivity index (χ3v) is 3.95. The van der Waals surface area contributed by atoms with E-state index in [1.165, 1.54) is 16.7 Å². The van der Waals surface area contributed by atoms with Crippen molar-refractivity contribution in [2.75, 3.05) is 5.88 Å². The van der Waals surface area contributed by atoms with Gasteiger partial charge in [0.15, 0.2) is 0 Å². The van der Waals surface area contributed by atoms with Gasteiger partial charge in [-0.1, -0.05) is 53.6 Å². The Bertz CT molecular complexity index is 517. The fourth-order valence-electron chi connectivity index (χ4n) is 2.31. The van der Waals surface area contributed by atoms with E-state index in [-0.39, 0.29) is 0 Å². The lowest BCUT2D eigenvalue weighted by atomic mass is 9.93. The summed E-state index contributed by atoms with van der Waals surface area (Å²) in [5, 5.41) is 0.782. The molecule has 19 heavy (non-hydrogen) atoms. The Balaban J connectivity index is 2.02. The Morgan fingerprint density at radius 1 is 0.947 bits per heavy atom. The summed E-state index contributed by atoms with van der Waals surface area (Å²) in [7, 11) is 0. The molecule has 1 atom stereocenters. The SMILES string of the molecule is Cc1cccc(CC(CCl)Cc2ccc(Cl)cc2)c1. The Morgan fingerprint density at radius 3 is 2.26 bits per heavy atom. The Morgan fingerprint density at radius 2 is 1.63 bits per heavy atom. The quantitative estimate of drug-likeness (QED) is 0.657. The molecule has 0 saturated heterocycles. The lowest BCUT2D eigenvalue weighted by molar-refractivity contribution is 0.584. The highest BCUT2D eigenvalue weighted by Crippen LogP contribution is 2.18. The molecular formula is C17H18Cl2. The zero-order chi connectivity index (χ0) is 13.7. The second-order valence-corrected chi connectivity index (χ2v) is 5.79. The minimum Gasteiger partial charge on any atom is -0.126 e. The van der Waals surface area contributed by atoms with Gasteiger partial charge in [-0.3, -0.25) is 0 Å². The summed E-state index contributed by atoms with van der Waals surface area (Å²) < 4.78 is 0. The Hall–Kier alpha value is -0.980. The van der Waals surface area contributed by atoms with Gasteiger partial charge >= 0.3 is 0 Å². The van der Waals surface area contributed by atoms with Crippen LogP contribution in [0.4, 0.5) is 0 Å². The first-order valence-electron chi connectivity index (χ1n) is 6.53. The summed E-state index contributed by atoms with van der Waals surface area (Å²) in [4.78, 5) is 0. The van der Waals surface area contributed by atoms with Crippen LogP contribution in [-0.4, -0.2) is 5.88 Å². The van der Waals surface area contributed by atoms with Crippen LogP contribution < -0.4 is 0 Å². The summed E-state index contributed by atoms with van der Waals surface area (Å²) in [5.74, 6) is 1.14. The predicted molar refractivity (Wildman–Crippen MR) is 84.2 cm³/mol. The van der Waals surface area contributed by atoms with E-state index in [1.54, 1.807) is 0 Å². The third-order valence-electron chi connectivity index (χ3n) is 3.26. The van der Waals surface area contributed by atoms with Gasteiger partial charge < -0.3 is 0 Å². The van der Waals surface area contributed by atoms with Crippen LogP contribution in [0.15, 0.2) is 48.5 Å². The van der Waals surface area contributed by atoms with Crippen LogP contribution in [0.5, 0.6) is 0 Å². The van der Waals surface area contributed by atoms with E-state index in [1.807, 2.05) is 12.1 Å². The van der Waals surface area contributed by atoms with E-state index in [9.17, 15) is 0 Å². The number of benzene rings is 2. The van der Waals surface area contributed by atoms with E-state index >= 15 is 0 Å². The molecule has 1 unspecified atom stereocenters. The van der Waals surface area contributed by atoms with E-state index < -0.39 is 0 Å². The Labute approximate surface area is 125 Å². The number of alkyl halides is 1. The van der Waals surface area contributed by atoms with Crippen molar-refractivity contribution in [3.8, 4) is 0 Å². The molecule has 0 aliphatic rings. The van der Waals surface area contributed by atoms with E-state index in [4.69, 9.17) is 23.2 Å². The van der Waals surface area contributed by atoms with Crippen LogP contribution in [0.2, 0.25) is 5.02 Å². The van der Waals surface area contributed by atoms with Crippen LogP contribution >= 0.6 is 23.2 Å². The molecular weight excluding hydrogens is 275 g/mol. The number of aryl methyl sites for hydroxylation is 1. The van der Waals surface area contributed by atoms with E-state index in [0.717, 1.165) is 17.9 Å². The van der Waals surface area contributed by atoms with Crippen LogP contribution in [0.1, 0.15) is 16.7 Å². The second-order valence-electron chi connectivity index (χ2n) is 5.04. The van der Waals surface area contributed by atoms with E-state index in [2.05, 4.69) is 43.3 Å². The van der Waals surface area contributed by atoms with Crippen LogP contribution in [0.3, 0.4) is 0 Å². The average molecular weight is 293 g/mol. The first kappa shape index (κ1) is 14.4. The molecule has 0 saturated carbocycles. The summed E-state index contributed by atoms with van der Waals surface area (Å²) in [6, 6.07) is 16.7. The fourth-order valence-corrected chi connectivity index (χ4v) is 2.65. The molecule has 0 nitrogen and oxygen atoms in total. The number of hydrogen-bond acceptors (Lipinski definition) is 0. The molecule has 0 aromatic heterocycles. The summed E-state index contributed by atoms with van der Waals surface area (Å²) in [6.45, 7) is 2.12. The van der Waals surface area contributed by atoms with Gasteiger partial charge in [0.1, 0.15) is 0 Å². The van der Waals surface area contributed by atoms with Gasteiger partial charge in [0.2, 0.25) is 0 Å². The van der Waals surface area contributed by atoms with Crippen molar-refractivity contribution in [2.24, 2.45) is 5.92 Å². The molecule has 2 rings (SSSR count). The zero-order valence-electron chi connectivity index (χ0n) is 11.1. The molecule has 0 radical (unpaired) electrons. The van der Waals surface area contributed by atoms with Crippen molar-refractivity contribution in [3.63, 3.8) is 0 Å². The number of hydrogen-bond donors (Lipinski definition) is 0. The molecule has 0 amide bonds. The van der Waals surface area contributed by atoms with E-state index in [0.29, 0.717) is 11.8 Å². The topological polar surface area (TPSA) is 0 Å². The molecule has 0 aliphatic heterocycles. The van der Waals surface area contributed by atoms with Crippen molar-refractivity contribution in [1.29, 1.82) is 0 Å². The summed E-state index contributed by atoms with van der Waals surface area (Å²) in [5.41, 5.74) is 3.96. The van der Waals surface area contributed by atoms with Crippen molar-refractivity contribution >= 4 is 23.2 Å². The van der Waals surface area contributed by atoms with Gasteiger partial charge in [-0.25, -0.2) is 0 Å². The molecule has 0 aliphatic carbocycles. The highest BCUT2D eigenvalue weighted by Gasteiger charge is 2.10. The van der Waals surface area contributed by atoms with Crippen molar-refractivity contribution in [2.45, 2.75) is 19.8 Å². The van der Waals surface area contributed by atoms with Gasteiger partial charge in [0.25, 0.3) is 0 Å². The first-order chi connectivity index (χ1) is 9.17. The van der Waals surface area contributed by atoms with Crippen molar-refractivity contribution in [3.05, 3.63) is 70.2 Å². The molecule has 0 N–H and O–H groups in total. The maximum Gasteiger partial charge on any atom is 0.0406 e. The molecule has 0 fully saturated rings. The maximum atomic E-state index is 6.11. The largest absolute Gasteiger partial charge is 0.126 e. The Kier molecular flexibility index (Phi) is 5.30. The van der Waals surface area contributed by atoms with Gasteiger partial charge in [-0.15, -0.1) is 11.6 Å². The highest BCUT2D eigenvalue weighted by atomic mass is 35.5. The second kappa shape index (κ2) is 6.98. The monoisotopic (exact) mass is 292 g/mol. The molecule has 2 heteroatoms. The van der Waals surface area contributed by atoms with Crippen molar-refractivity contribution in [1.82, 2.24) is 0 Å². The summed E-state index contributed by atoms with van der Waals surface area (Å²) in [6.07, 6.45) is 2.02. The predicted octanol–water partition coefficient (Wildman–Crippen LogP) is 5.29. The standard InChI is InChI=1S/C17H18Cl2/c1-13-3-2-4-15(9-13)11-16(12-18)10-14-5-7-17(19)8-6-14/h2-9,16H,10-12H2,1H3. The van der Waals surface area contributed by atoms with Gasteiger partial charge in [-0.2, -0.15) is 0 Å². The highest BCUT2D eigenvalue weighted by molar-refractivity contribution is 6.30. The lowest BCUT2D eigenvalue weighted by Gasteiger charge is -2.14. The average Bonchev–Trinajstić information content (AvgIpc) is 2.40.